The summed E-state index contributed by atoms with van der Waals surface area (Å²) in [6, 6.07) is 8.09. The molecule has 0 unspecified atom stereocenters. The van der Waals surface area contributed by atoms with Crippen molar-refractivity contribution in [2.45, 2.75) is 38.0 Å². The average Bonchev–Trinajstić information content (AvgIpc) is 2.70. The van der Waals surface area contributed by atoms with Crippen molar-refractivity contribution >= 4 is 32.6 Å². The molecule has 24 heavy (non-hydrogen) atoms. The minimum atomic E-state index is -4.53. The van der Waals surface area contributed by atoms with E-state index in [9.17, 15) is 18.0 Å². The molecule has 1 amide bonds. The first kappa shape index (κ1) is 17.2. The fourth-order valence-electron chi connectivity index (χ4n) is 3.20. The van der Waals surface area contributed by atoms with Crippen LogP contribution in [0.2, 0.25) is 0 Å². The Morgan fingerprint density at radius 1 is 1.25 bits per heavy atom. The van der Waals surface area contributed by atoms with Gasteiger partial charge in [-0.15, -0.1) is 0 Å². The lowest BCUT2D eigenvalue weighted by atomic mass is 9.94. The first-order chi connectivity index (χ1) is 11.1. The van der Waals surface area contributed by atoms with E-state index >= 15 is 0 Å². The summed E-state index contributed by atoms with van der Waals surface area (Å²) in [7, 11) is 0. The third kappa shape index (κ3) is 3.02. The Bertz CT molecular complexity index is 804. The first-order valence-electron chi connectivity index (χ1n) is 7.43. The van der Waals surface area contributed by atoms with Crippen molar-refractivity contribution < 1.29 is 18.0 Å². The molecule has 1 N–H and O–H groups in total. The van der Waals surface area contributed by atoms with Crippen molar-refractivity contribution in [3.8, 4) is 0 Å². The third-order valence-corrected chi connectivity index (χ3v) is 4.72. The van der Waals surface area contributed by atoms with Crippen LogP contribution in [0.15, 0.2) is 40.9 Å². The molecule has 3 rings (SSSR count). The second-order valence-electron chi connectivity index (χ2n) is 6.55. The normalized spacial score (nSPS) is 19.5. The Morgan fingerprint density at radius 2 is 1.96 bits per heavy atom. The Morgan fingerprint density at radius 3 is 2.54 bits per heavy atom. The van der Waals surface area contributed by atoms with Crippen LogP contribution in [0.25, 0.3) is 10.8 Å². The maximum absolute atomic E-state index is 13.9. The van der Waals surface area contributed by atoms with Gasteiger partial charge in [-0.1, -0.05) is 40.2 Å². The van der Waals surface area contributed by atoms with Crippen molar-refractivity contribution in [1.82, 2.24) is 10.4 Å². The number of hydrazine groups is 1. The van der Waals surface area contributed by atoms with Gasteiger partial charge in [0.2, 0.25) is 5.91 Å². The number of amides is 1. The number of fused-ring (bicyclic) bond motifs is 1. The number of nitrogens with one attached hydrogen (secondary N) is 1. The molecule has 3 nitrogen and oxygen atoms in total. The lowest BCUT2D eigenvalue weighted by molar-refractivity contribution is -0.203. The molecular formula is C17H16BrF3N2O. The van der Waals surface area contributed by atoms with Gasteiger partial charge in [-0.3, -0.25) is 10.2 Å². The standard InChI is InChI=1S/C17H16BrF3N2O/c1-16(2)9-14(24)22-23(16)15(17(19,20)21)13-5-3-4-10-8-11(18)6-7-12(10)13/h3-8,15H,9H2,1-2H3,(H,22,24)/t15-/m0/s1. The molecule has 0 bridgehead atoms. The molecule has 1 atom stereocenters. The maximum atomic E-state index is 13.9. The summed E-state index contributed by atoms with van der Waals surface area (Å²) in [5.74, 6) is -0.405. The van der Waals surface area contributed by atoms with E-state index < -0.39 is 23.7 Å². The number of hydrogen-bond acceptors (Lipinski definition) is 2. The van der Waals surface area contributed by atoms with Gasteiger partial charge in [0.25, 0.3) is 0 Å². The van der Waals surface area contributed by atoms with E-state index in [1.807, 2.05) is 0 Å². The molecule has 1 aliphatic heterocycles. The highest BCUT2D eigenvalue weighted by Crippen LogP contribution is 2.44. The summed E-state index contributed by atoms with van der Waals surface area (Å²) >= 11 is 3.34. The van der Waals surface area contributed by atoms with E-state index in [0.29, 0.717) is 10.8 Å². The fraction of sp³-hybridized carbons (Fsp3) is 0.353. The van der Waals surface area contributed by atoms with Crippen LogP contribution in [0.1, 0.15) is 31.9 Å². The Hall–Kier alpha value is -1.60. The van der Waals surface area contributed by atoms with E-state index in [2.05, 4.69) is 21.4 Å². The number of carbonyl (C=O) groups is 1. The quantitative estimate of drug-likeness (QED) is 0.790. The lowest BCUT2D eigenvalue weighted by Gasteiger charge is -2.38. The van der Waals surface area contributed by atoms with Crippen LogP contribution in [0.3, 0.4) is 0 Å². The van der Waals surface area contributed by atoms with Gasteiger partial charge in [0.15, 0.2) is 6.04 Å². The number of halogens is 4. The van der Waals surface area contributed by atoms with Crippen molar-refractivity contribution in [3.05, 3.63) is 46.4 Å². The van der Waals surface area contributed by atoms with Crippen molar-refractivity contribution in [3.63, 3.8) is 0 Å². The Kier molecular flexibility index (Phi) is 4.12. The molecule has 1 fully saturated rings. The summed E-state index contributed by atoms with van der Waals surface area (Å²) < 4.78 is 42.6. The fourth-order valence-corrected chi connectivity index (χ4v) is 3.58. The van der Waals surface area contributed by atoms with Crippen LogP contribution in [0.5, 0.6) is 0 Å². The highest BCUT2D eigenvalue weighted by atomic mass is 79.9. The minimum absolute atomic E-state index is 0.0237. The highest BCUT2D eigenvalue weighted by Gasteiger charge is 2.53. The zero-order valence-corrected chi connectivity index (χ0v) is 14.7. The van der Waals surface area contributed by atoms with Gasteiger partial charge in [-0.2, -0.15) is 18.2 Å². The van der Waals surface area contributed by atoms with Crippen molar-refractivity contribution in [1.29, 1.82) is 0 Å². The van der Waals surface area contributed by atoms with Gasteiger partial charge in [0, 0.05) is 16.4 Å². The zero-order valence-electron chi connectivity index (χ0n) is 13.1. The zero-order chi connectivity index (χ0) is 17.7. The number of rotatable bonds is 2. The number of alkyl halides is 3. The Labute approximate surface area is 145 Å². The molecule has 7 heteroatoms. The molecule has 0 saturated carbocycles. The molecular weight excluding hydrogens is 385 g/mol. The predicted molar refractivity (Wildman–Crippen MR) is 89.1 cm³/mol. The topological polar surface area (TPSA) is 32.3 Å². The van der Waals surface area contributed by atoms with E-state index in [-0.39, 0.29) is 12.0 Å². The number of carbonyl (C=O) groups excluding carboxylic acids is 1. The summed E-state index contributed by atoms with van der Waals surface area (Å²) in [6.07, 6.45) is -4.51. The van der Waals surface area contributed by atoms with Crippen LogP contribution < -0.4 is 5.43 Å². The third-order valence-electron chi connectivity index (χ3n) is 4.23. The minimum Gasteiger partial charge on any atom is -0.287 e. The molecule has 2 aromatic carbocycles. The van der Waals surface area contributed by atoms with E-state index in [1.54, 1.807) is 44.2 Å². The van der Waals surface area contributed by atoms with Gasteiger partial charge >= 0.3 is 6.18 Å². The van der Waals surface area contributed by atoms with Crippen LogP contribution >= 0.6 is 15.9 Å². The number of benzene rings is 2. The first-order valence-corrected chi connectivity index (χ1v) is 8.22. The summed E-state index contributed by atoms with van der Waals surface area (Å²) in [6.45, 7) is 3.26. The monoisotopic (exact) mass is 400 g/mol. The number of nitrogens with zero attached hydrogens (tertiary/aromatic N) is 1. The summed E-state index contributed by atoms with van der Waals surface area (Å²) in [5, 5.41) is 2.26. The van der Waals surface area contributed by atoms with Crippen molar-refractivity contribution in [2.75, 3.05) is 0 Å². The van der Waals surface area contributed by atoms with E-state index in [1.165, 1.54) is 6.07 Å². The largest absolute Gasteiger partial charge is 0.409 e. The molecule has 0 aromatic heterocycles. The lowest BCUT2D eigenvalue weighted by Crippen LogP contribution is -2.51. The second kappa shape index (κ2) is 5.74. The van der Waals surface area contributed by atoms with Crippen LogP contribution in [-0.4, -0.2) is 22.6 Å². The van der Waals surface area contributed by atoms with Crippen molar-refractivity contribution in [2.24, 2.45) is 0 Å². The molecule has 2 aromatic rings. The van der Waals surface area contributed by atoms with Crippen LogP contribution in [0, 0.1) is 0 Å². The molecule has 1 heterocycles. The van der Waals surface area contributed by atoms with E-state index in [4.69, 9.17) is 0 Å². The number of hydrogen-bond donors (Lipinski definition) is 1. The average molecular weight is 401 g/mol. The SMILES string of the molecule is CC1(C)CC(=O)NN1[C@@H](c1cccc2cc(Br)ccc12)C(F)(F)F. The summed E-state index contributed by atoms with van der Waals surface area (Å²) in [4.78, 5) is 11.7. The molecule has 128 valence electrons. The van der Waals surface area contributed by atoms with Crippen LogP contribution in [0.4, 0.5) is 13.2 Å². The Balaban J connectivity index is 2.20. The van der Waals surface area contributed by atoms with Gasteiger partial charge < -0.3 is 0 Å². The van der Waals surface area contributed by atoms with Gasteiger partial charge in [0.1, 0.15) is 0 Å². The molecule has 0 aliphatic carbocycles. The predicted octanol–water partition coefficient (Wildman–Crippen LogP) is 4.72. The molecule has 1 aliphatic rings. The molecule has 1 saturated heterocycles. The molecule has 0 spiro atoms. The smallest absolute Gasteiger partial charge is 0.287 e. The highest BCUT2D eigenvalue weighted by molar-refractivity contribution is 9.10. The van der Waals surface area contributed by atoms with E-state index in [0.717, 1.165) is 9.48 Å². The second-order valence-corrected chi connectivity index (χ2v) is 7.47. The van der Waals surface area contributed by atoms with Gasteiger partial charge in [-0.05, 0) is 42.3 Å². The maximum Gasteiger partial charge on any atom is 0.409 e. The molecule has 0 radical (unpaired) electrons. The summed E-state index contributed by atoms with van der Waals surface area (Å²) in [5.41, 5.74) is 1.58. The van der Waals surface area contributed by atoms with Crippen LogP contribution in [-0.2, 0) is 4.79 Å². The van der Waals surface area contributed by atoms with Gasteiger partial charge in [0.05, 0.1) is 0 Å². The van der Waals surface area contributed by atoms with Gasteiger partial charge in [-0.25, -0.2) is 0 Å².